The molecule has 0 aliphatic rings. The number of pyridine rings is 2. The minimum Gasteiger partial charge on any atom is -0.416 e. The molecule has 8 nitrogen and oxygen atoms in total. The van der Waals surface area contributed by atoms with Crippen molar-refractivity contribution in [2.75, 3.05) is 11.1 Å². The van der Waals surface area contributed by atoms with Gasteiger partial charge in [-0.15, -0.1) is 0 Å². The molecule has 1 atom stereocenters. The lowest BCUT2D eigenvalue weighted by Crippen LogP contribution is -2.15. The molecule has 0 radical (unpaired) electrons. The topological polar surface area (TPSA) is 118 Å². The Bertz CT molecular complexity index is 1130. The van der Waals surface area contributed by atoms with E-state index in [-0.39, 0.29) is 39.3 Å². The standard InChI is InChI=1S/C16H15F3N4O4S/c1-3-28(25,26)11-4-5-12(21-8(2)24)23-13(11)15-22-10-6-9(16(17,18)19)7-20-14(10)27-15/h4-8,24H,3H2,1-2H3,(H,21,23). The number of nitrogens with one attached hydrogen (secondary N) is 1. The Balaban J connectivity index is 2.20. The Morgan fingerprint density at radius 1 is 1.29 bits per heavy atom. The molecule has 3 rings (SSSR count). The van der Waals surface area contributed by atoms with Crippen LogP contribution in [-0.4, -0.2) is 40.5 Å². The number of nitrogens with zero attached hydrogens (tertiary/aromatic N) is 3. The Labute approximate surface area is 157 Å². The molecule has 0 bridgehead atoms. The van der Waals surface area contributed by atoms with Gasteiger partial charge in [0.2, 0.25) is 11.6 Å². The van der Waals surface area contributed by atoms with E-state index < -0.39 is 27.8 Å². The molecule has 3 heterocycles. The number of fused-ring (bicyclic) bond motifs is 1. The maximum Gasteiger partial charge on any atom is 0.417 e. The lowest BCUT2D eigenvalue weighted by molar-refractivity contribution is -0.137. The summed E-state index contributed by atoms with van der Waals surface area (Å²) in [6.45, 7) is 2.87. The predicted octanol–water partition coefficient (Wildman–Crippen LogP) is 2.85. The molecular weight excluding hydrogens is 401 g/mol. The molecule has 0 saturated carbocycles. The number of sulfone groups is 1. The van der Waals surface area contributed by atoms with Gasteiger partial charge in [0.25, 0.3) is 0 Å². The van der Waals surface area contributed by atoms with Crippen LogP contribution in [0.15, 0.2) is 33.7 Å². The van der Waals surface area contributed by atoms with Crippen LogP contribution in [0.4, 0.5) is 19.0 Å². The van der Waals surface area contributed by atoms with E-state index in [1.807, 2.05) is 0 Å². The zero-order valence-electron chi connectivity index (χ0n) is 14.6. The third-order valence-electron chi connectivity index (χ3n) is 3.71. The Morgan fingerprint density at radius 2 is 2.00 bits per heavy atom. The van der Waals surface area contributed by atoms with Crippen molar-refractivity contribution >= 4 is 26.9 Å². The summed E-state index contributed by atoms with van der Waals surface area (Å²) in [4.78, 5) is 11.4. The second kappa shape index (κ2) is 7.02. The average molecular weight is 416 g/mol. The Hall–Kier alpha value is -2.73. The molecule has 12 heteroatoms. The minimum absolute atomic E-state index is 0.131. The lowest BCUT2D eigenvalue weighted by Gasteiger charge is -2.11. The van der Waals surface area contributed by atoms with Crippen LogP contribution in [0, 0.1) is 0 Å². The van der Waals surface area contributed by atoms with Crippen LogP contribution in [0.1, 0.15) is 19.4 Å². The van der Waals surface area contributed by atoms with Gasteiger partial charge >= 0.3 is 6.18 Å². The van der Waals surface area contributed by atoms with Gasteiger partial charge in [-0.25, -0.2) is 23.4 Å². The minimum atomic E-state index is -4.61. The first-order valence-corrected chi connectivity index (χ1v) is 9.69. The van der Waals surface area contributed by atoms with Crippen molar-refractivity contribution in [3.05, 3.63) is 30.0 Å². The maximum atomic E-state index is 12.9. The molecule has 2 N–H and O–H groups in total. The molecule has 3 aromatic heterocycles. The molecule has 0 aliphatic carbocycles. The number of rotatable bonds is 5. The van der Waals surface area contributed by atoms with Crippen molar-refractivity contribution in [3.63, 3.8) is 0 Å². The second-order valence-electron chi connectivity index (χ2n) is 5.83. The van der Waals surface area contributed by atoms with Crippen molar-refractivity contribution in [1.82, 2.24) is 15.0 Å². The number of anilines is 1. The van der Waals surface area contributed by atoms with Crippen molar-refractivity contribution in [2.45, 2.75) is 31.1 Å². The van der Waals surface area contributed by atoms with E-state index in [2.05, 4.69) is 20.3 Å². The zero-order chi connectivity index (χ0) is 20.7. The molecule has 0 amide bonds. The van der Waals surface area contributed by atoms with Gasteiger partial charge in [-0.1, -0.05) is 6.92 Å². The summed E-state index contributed by atoms with van der Waals surface area (Å²) in [5.41, 5.74) is -1.60. The largest absolute Gasteiger partial charge is 0.417 e. The van der Waals surface area contributed by atoms with Crippen LogP contribution in [0.25, 0.3) is 22.8 Å². The molecule has 0 aromatic carbocycles. The van der Waals surface area contributed by atoms with E-state index in [9.17, 15) is 26.7 Å². The molecule has 3 aromatic rings. The Morgan fingerprint density at radius 3 is 2.61 bits per heavy atom. The third-order valence-corrected chi connectivity index (χ3v) is 5.47. The fourth-order valence-corrected chi connectivity index (χ4v) is 3.39. The highest BCUT2D eigenvalue weighted by atomic mass is 32.2. The van der Waals surface area contributed by atoms with E-state index in [1.165, 1.54) is 26.0 Å². The van der Waals surface area contributed by atoms with E-state index in [0.717, 1.165) is 6.07 Å². The summed E-state index contributed by atoms with van der Waals surface area (Å²) in [5, 5.41) is 12.0. The van der Waals surface area contributed by atoms with Gasteiger partial charge in [-0.05, 0) is 25.1 Å². The van der Waals surface area contributed by atoms with Gasteiger partial charge < -0.3 is 14.8 Å². The number of aliphatic hydroxyl groups is 1. The van der Waals surface area contributed by atoms with E-state index in [4.69, 9.17) is 4.42 Å². The van der Waals surface area contributed by atoms with Crippen LogP contribution >= 0.6 is 0 Å². The quantitative estimate of drug-likeness (QED) is 0.610. The van der Waals surface area contributed by atoms with Crippen molar-refractivity contribution in [1.29, 1.82) is 0 Å². The van der Waals surface area contributed by atoms with Crippen LogP contribution in [0.2, 0.25) is 0 Å². The van der Waals surface area contributed by atoms with Crippen molar-refractivity contribution in [2.24, 2.45) is 0 Å². The van der Waals surface area contributed by atoms with Gasteiger partial charge in [-0.3, -0.25) is 0 Å². The summed E-state index contributed by atoms with van der Waals surface area (Å²) >= 11 is 0. The van der Waals surface area contributed by atoms with Crippen LogP contribution < -0.4 is 5.32 Å². The number of halogens is 3. The monoisotopic (exact) mass is 416 g/mol. The van der Waals surface area contributed by atoms with Crippen molar-refractivity contribution < 1.29 is 31.1 Å². The third kappa shape index (κ3) is 3.92. The van der Waals surface area contributed by atoms with Crippen LogP contribution in [0.5, 0.6) is 0 Å². The van der Waals surface area contributed by atoms with Crippen molar-refractivity contribution in [3.8, 4) is 11.6 Å². The van der Waals surface area contributed by atoms with Gasteiger partial charge in [-0.2, -0.15) is 13.2 Å². The van der Waals surface area contributed by atoms with Crippen LogP contribution in [0.3, 0.4) is 0 Å². The summed E-state index contributed by atoms with van der Waals surface area (Å²) in [6.07, 6.45) is -5.00. The first-order chi connectivity index (χ1) is 13.0. The van der Waals surface area contributed by atoms with E-state index in [1.54, 1.807) is 0 Å². The molecule has 0 fully saturated rings. The SMILES string of the molecule is CCS(=O)(=O)c1ccc(NC(C)O)nc1-c1nc2cc(C(F)(F)F)cnc2o1. The smallest absolute Gasteiger partial charge is 0.416 e. The molecule has 0 saturated heterocycles. The highest BCUT2D eigenvalue weighted by Gasteiger charge is 2.32. The lowest BCUT2D eigenvalue weighted by atomic mass is 10.2. The summed E-state index contributed by atoms with van der Waals surface area (Å²) in [7, 11) is -3.74. The molecular formula is C16H15F3N4O4S. The van der Waals surface area contributed by atoms with Crippen LogP contribution in [-0.2, 0) is 16.0 Å². The van der Waals surface area contributed by atoms with E-state index >= 15 is 0 Å². The number of aromatic nitrogens is 3. The highest BCUT2D eigenvalue weighted by Crippen LogP contribution is 2.33. The van der Waals surface area contributed by atoms with Gasteiger partial charge in [0.05, 0.1) is 16.2 Å². The number of hydrogen-bond acceptors (Lipinski definition) is 8. The predicted molar refractivity (Wildman–Crippen MR) is 93.1 cm³/mol. The first-order valence-electron chi connectivity index (χ1n) is 8.04. The maximum absolute atomic E-state index is 12.9. The van der Waals surface area contributed by atoms with Gasteiger partial charge in [0.1, 0.15) is 23.3 Å². The van der Waals surface area contributed by atoms with Gasteiger partial charge in [0.15, 0.2) is 9.84 Å². The summed E-state index contributed by atoms with van der Waals surface area (Å²) in [6, 6.07) is 3.36. The number of aliphatic hydroxyl groups excluding tert-OH is 1. The number of oxazole rings is 1. The highest BCUT2D eigenvalue weighted by molar-refractivity contribution is 7.91. The summed E-state index contributed by atoms with van der Waals surface area (Å²) < 4.78 is 68.7. The number of alkyl halides is 3. The number of hydrogen-bond donors (Lipinski definition) is 2. The fourth-order valence-electron chi connectivity index (χ4n) is 2.38. The normalized spacial score (nSPS) is 13.6. The average Bonchev–Trinajstić information content (AvgIpc) is 3.03. The first kappa shape index (κ1) is 20.0. The summed E-state index contributed by atoms with van der Waals surface area (Å²) in [5.74, 6) is -0.406. The molecule has 0 spiro atoms. The van der Waals surface area contributed by atoms with E-state index in [0.29, 0.717) is 6.20 Å². The zero-order valence-corrected chi connectivity index (χ0v) is 15.5. The molecule has 150 valence electrons. The Kier molecular flexibility index (Phi) is 5.02. The molecule has 28 heavy (non-hydrogen) atoms. The second-order valence-corrected chi connectivity index (χ2v) is 8.08. The fraction of sp³-hybridized carbons (Fsp3) is 0.312. The molecule has 0 aliphatic heterocycles. The molecule has 1 unspecified atom stereocenters. The van der Waals surface area contributed by atoms with Gasteiger partial charge in [0, 0.05) is 6.20 Å².